The Balaban J connectivity index is 2.32. The van der Waals surface area contributed by atoms with E-state index in [-0.39, 0.29) is 17.9 Å². The Morgan fingerprint density at radius 2 is 2.30 bits per heavy atom. The number of carbonyl (C=O) groups excluding carboxylic acids is 1. The fraction of sp³-hybridized carbons (Fsp3) is 0.462. The monoisotopic (exact) mass is 341 g/mol. The van der Waals surface area contributed by atoms with E-state index in [4.69, 9.17) is 15.3 Å². The van der Waals surface area contributed by atoms with E-state index in [1.165, 1.54) is 0 Å². The standard InChI is InChI=1S/C13H16BrN3O3/c1-6(2)19-13(18)12-7(3)8(15)4-9(16-12)10-5-11(14)17-20-10/h4,6,10H,5H2,1-3H3,(H2,15,16). The number of nitrogens with zero attached hydrogens (tertiary/aromatic N) is 2. The van der Waals surface area contributed by atoms with Gasteiger partial charge in [-0.3, -0.25) is 0 Å². The summed E-state index contributed by atoms with van der Waals surface area (Å²) in [6, 6.07) is 1.70. The van der Waals surface area contributed by atoms with Crippen LogP contribution in [0.15, 0.2) is 11.2 Å². The van der Waals surface area contributed by atoms with Crippen molar-refractivity contribution in [3.05, 3.63) is 23.0 Å². The van der Waals surface area contributed by atoms with E-state index in [0.717, 1.165) is 0 Å². The highest BCUT2D eigenvalue weighted by Gasteiger charge is 2.26. The molecule has 0 fully saturated rings. The Hall–Kier alpha value is -1.63. The quantitative estimate of drug-likeness (QED) is 0.854. The summed E-state index contributed by atoms with van der Waals surface area (Å²) >= 11 is 3.26. The van der Waals surface area contributed by atoms with Crippen LogP contribution in [0.25, 0.3) is 0 Å². The van der Waals surface area contributed by atoms with E-state index >= 15 is 0 Å². The highest BCUT2D eigenvalue weighted by Crippen LogP contribution is 2.30. The Morgan fingerprint density at radius 1 is 1.60 bits per heavy atom. The second-order valence-corrected chi connectivity index (χ2v) is 5.75. The van der Waals surface area contributed by atoms with Crippen LogP contribution in [0.4, 0.5) is 5.69 Å². The van der Waals surface area contributed by atoms with Gasteiger partial charge in [-0.25, -0.2) is 9.78 Å². The molecule has 20 heavy (non-hydrogen) atoms. The summed E-state index contributed by atoms with van der Waals surface area (Å²) in [5.74, 6) is -0.482. The molecule has 0 radical (unpaired) electrons. The molecule has 108 valence electrons. The second kappa shape index (κ2) is 5.78. The van der Waals surface area contributed by atoms with E-state index in [2.05, 4.69) is 26.1 Å². The number of oxime groups is 1. The van der Waals surface area contributed by atoms with Crippen LogP contribution >= 0.6 is 15.9 Å². The number of carbonyl (C=O) groups is 1. The van der Waals surface area contributed by atoms with Crippen LogP contribution < -0.4 is 5.73 Å². The summed E-state index contributed by atoms with van der Waals surface area (Å²) in [5.41, 5.74) is 7.83. The molecular weight excluding hydrogens is 326 g/mol. The van der Waals surface area contributed by atoms with Crippen molar-refractivity contribution in [1.82, 2.24) is 4.98 Å². The molecule has 1 aromatic heterocycles. The smallest absolute Gasteiger partial charge is 0.357 e. The normalized spacial score (nSPS) is 17.9. The highest BCUT2D eigenvalue weighted by atomic mass is 79.9. The number of pyridine rings is 1. The highest BCUT2D eigenvalue weighted by molar-refractivity contribution is 9.18. The van der Waals surface area contributed by atoms with E-state index in [1.807, 2.05) is 0 Å². The molecule has 2 rings (SSSR count). The second-order valence-electron chi connectivity index (χ2n) is 4.83. The summed E-state index contributed by atoms with van der Waals surface area (Å²) in [5, 5.41) is 3.81. The first-order chi connectivity index (χ1) is 9.38. The van der Waals surface area contributed by atoms with Gasteiger partial charge in [-0.1, -0.05) is 5.16 Å². The number of nitrogens with two attached hydrogens (primary N) is 1. The number of esters is 1. The van der Waals surface area contributed by atoms with Gasteiger partial charge < -0.3 is 15.3 Å². The molecule has 1 aromatic rings. The zero-order valence-electron chi connectivity index (χ0n) is 11.5. The predicted molar refractivity (Wildman–Crippen MR) is 78.7 cm³/mol. The largest absolute Gasteiger partial charge is 0.458 e. The minimum atomic E-state index is -0.482. The SMILES string of the molecule is Cc1c(N)cc(C2CC(Br)=NO2)nc1C(=O)OC(C)C. The van der Waals surface area contributed by atoms with Crippen LogP contribution in [0.1, 0.15) is 48.1 Å². The average molecular weight is 342 g/mol. The maximum Gasteiger partial charge on any atom is 0.357 e. The van der Waals surface area contributed by atoms with Gasteiger partial charge in [0.25, 0.3) is 0 Å². The first kappa shape index (κ1) is 14.8. The third kappa shape index (κ3) is 3.09. The summed E-state index contributed by atoms with van der Waals surface area (Å²) < 4.78 is 5.88. The third-order valence-electron chi connectivity index (χ3n) is 2.83. The number of rotatable bonds is 3. The lowest BCUT2D eigenvalue weighted by Crippen LogP contribution is -2.17. The van der Waals surface area contributed by atoms with Gasteiger partial charge in [-0.05, 0) is 42.8 Å². The maximum atomic E-state index is 12.0. The van der Waals surface area contributed by atoms with Gasteiger partial charge in [-0.2, -0.15) is 0 Å². The van der Waals surface area contributed by atoms with Crippen molar-refractivity contribution in [2.24, 2.45) is 5.16 Å². The minimum Gasteiger partial charge on any atom is -0.458 e. The third-order valence-corrected chi connectivity index (χ3v) is 3.30. The lowest BCUT2D eigenvalue weighted by molar-refractivity contribution is 0.0367. The Bertz CT molecular complexity index is 572. The van der Waals surface area contributed by atoms with Crippen LogP contribution in [-0.4, -0.2) is 21.7 Å². The predicted octanol–water partition coefficient (Wildman–Crippen LogP) is 2.71. The number of aromatic nitrogens is 1. The van der Waals surface area contributed by atoms with Crippen LogP contribution in [0.5, 0.6) is 0 Å². The lowest BCUT2D eigenvalue weighted by atomic mass is 10.1. The molecule has 1 atom stereocenters. The van der Waals surface area contributed by atoms with Gasteiger partial charge >= 0.3 is 5.97 Å². The number of halogens is 1. The molecule has 1 aliphatic rings. The van der Waals surface area contributed by atoms with E-state index < -0.39 is 5.97 Å². The van der Waals surface area contributed by atoms with Gasteiger partial charge in [-0.15, -0.1) is 0 Å². The van der Waals surface area contributed by atoms with Crippen molar-refractivity contribution in [2.45, 2.75) is 39.4 Å². The summed E-state index contributed by atoms with van der Waals surface area (Å²) in [4.78, 5) is 21.6. The number of nitrogen functional groups attached to an aromatic ring is 1. The zero-order valence-corrected chi connectivity index (χ0v) is 13.1. The molecule has 0 bridgehead atoms. The van der Waals surface area contributed by atoms with E-state index in [1.54, 1.807) is 26.8 Å². The summed E-state index contributed by atoms with van der Waals surface area (Å²) in [7, 11) is 0. The fourth-order valence-corrected chi connectivity index (χ4v) is 2.17. The maximum absolute atomic E-state index is 12.0. The molecule has 0 aromatic carbocycles. The fourth-order valence-electron chi connectivity index (χ4n) is 1.79. The lowest BCUT2D eigenvalue weighted by Gasteiger charge is -2.14. The first-order valence-electron chi connectivity index (χ1n) is 6.24. The molecule has 7 heteroatoms. The summed E-state index contributed by atoms with van der Waals surface area (Å²) in [6.45, 7) is 5.31. The zero-order chi connectivity index (χ0) is 14.9. The molecule has 0 amide bonds. The number of anilines is 1. The number of hydrogen-bond acceptors (Lipinski definition) is 6. The molecule has 1 aliphatic heterocycles. The molecule has 0 aliphatic carbocycles. The molecule has 1 unspecified atom stereocenters. The van der Waals surface area contributed by atoms with Crippen LogP contribution in [-0.2, 0) is 9.57 Å². The first-order valence-corrected chi connectivity index (χ1v) is 7.04. The van der Waals surface area contributed by atoms with Gasteiger partial charge in [0.1, 0.15) is 4.62 Å². The Morgan fingerprint density at radius 3 is 2.85 bits per heavy atom. The minimum absolute atomic E-state index is 0.214. The molecule has 2 heterocycles. The van der Waals surface area contributed by atoms with Crippen molar-refractivity contribution in [3.63, 3.8) is 0 Å². The van der Waals surface area contributed by atoms with Crippen molar-refractivity contribution < 1.29 is 14.4 Å². The summed E-state index contributed by atoms with van der Waals surface area (Å²) in [6.07, 6.45) is 0.0143. The Labute approximate surface area is 125 Å². The van der Waals surface area contributed by atoms with Crippen LogP contribution in [0.2, 0.25) is 0 Å². The Kier molecular flexibility index (Phi) is 4.27. The number of hydrogen-bond donors (Lipinski definition) is 1. The van der Waals surface area contributed by atoms with Crippen LogP contribution in [0.3, 0.4) is 0 Å². The van der Waals surface area contributed by atoms with Crippen molar-refractivity contribution in [2.75, 3.05) is 5.73 Å². The van der Waals surface area contributed by atoms with E-state index in [0.29, 0.717) is 28.0 Å². The molecule has 2 N–H and O–H groups in total. The number of ether oxygens (including phenoxy) is 1. The van der Waals surface area contributed by atoms with E-state index in [9.17, 15) is 4.79 Å². The van der Waals surface area contributed by atoms with Gasteiger partial charge in [0, 0.05) is 17.7 Å². The van der Waals surface area contributed by atoms with Gasteiger partial charge in [0.05, 0.1) is 11.8 Å². The average Bonchev–Trinajstić information content (AvgIpc) is 2.78. The van der Waals surface area contributed by atoms with Crippen LogP contribution in [0, 0.1) is 6.92 Å². The van der Waals surface area contributed by atoms with Crippen molar-refractivity contribution in [1.29, 1.82) is 0 Å². The molecule has 0 spiro atoms. The molecular formula is C13H16BrN3O3. The molecule has 6 nitrogen and oxygen atoms in total. The van der Waals surface area contributed by atoms with Crippen molar-refractivity contribution in [3.8, 4) is 0 Å². The van der Waals surface area contributed by atoms with Gasteiger partial charge in [0.15, 0.2) is 11.8 Å². The topological polar surface area (TPSA) is 86.8 Å². The molecule has 0 saturated heterocycles. The van der Waals surface area contributed by atoms with Gasteiger partial charge in [0.2, 0.25) is 0 Å². The van der Waals surface area contributed by atoms with Crippen molar-refractivity contribution >= 4 is 32.2 Å². The molecule has 0 saturated carbocycles.